The Morgan fingerprint density at radius 2 is 1.68 bits per heavy atom. The quantitative estimate of drug-likeness (QED) is 0.362. The molecule has 1 rings (SSSR count). The van der Waals surface area contributed by atoms with Gasteiger partial charge in [0, 0.05) is 0 Å². The Hall–Kier alpha value is -2.60. The van der Waals surface area contributed by atoms with Crippen LogP contribution in [0.1, 0.15) is 51.7 Å². The third kappa shape index (κ3) is 8.86. The van der Waals surface area contributed by atoms with Crippen molar-refractivity contribution in [2.24, 2.45) is 0 Å². The molecule has 0 aliphatic rings. The number of allylic oxidation sites excluding steroid dienone is 12. The first-order valence-electron chi connectivity index (χ1n) is 10.1. The molecule has 0 aromatic heterocycles. The Balaban J connectivity index is 2.76. The SMILES string of the molecule is C=C\C=C/C(=C\C)C(=C/C(=C)C/C(C)=C/C=C(\C)Cc1ccc(C)cc1)/CC. The predicted molar refractivity (Wildman–Crippen MR) is 128 cm³/mol. The molecule has 0 saturated heterocycles. The normalized spacial score (nSPS) is 13.9. The van der Waals surface area contributed by atoms with Crippen molar-refractivity contribution in [1.82, 2.24) is 0 Å². The molecule has 0 spiro atoms. The van der Waals surface area contributed by atoms with Crippen molar-refractivity contribution in [1.29, 1.82) is 0 Å². The fourth-order valence-corrected chi connectivity index (χ4v) is 3.04. The van der Waals surface area contributed by atoms with Crippen molar-refractivity contribution in [2.75, 3.05) is 0 Å². The molecule has 0 unspecified atom stereocenters. The van der Waals surface area contributed by atoms with Gasteiger partial charge in [0.15, 0.2) is 0 Å². The molecule has 0 saturated carbocycles. The van der Waals surface area contributed by atoms with Crippen molar-refractivity contribution in [3.63, 3.8) is 0 Å². The van der Waals surface area contributed by atoms with Gasteiger partial charge in [0.2, 0.25) is 0 Å². The first-order chi connectivity index (χ1) is 13.4. The van der Waals surface area contributed by atoms with E-state index < -0.39 is 0 Å². The standard InChI is InChI=1S/C28H36/c1-8-11-12-27(9-2)28(10-3)21-25(7)19-23(5)13-14-24(6)20-26-17-15-22(4)16-18-26/h8-9,11-18,21H,1,7,10,19-20H2,2-6H3/b12-11-,23-13+,24-14+,27-9+,28-21+. The first kappa shape index (κ1) is 23.4. The first-order valence-corrected chi connectivity index (χ1v) is 10.1. The van der Waals surface area contributed by atoms with Gasteiger partial charge in [-0.25, -0.2) is 0 Å². The average Bonchev–Trinajstić information content (AvgIpc) is 2.67. The number of hydrogen-bond acceptors (Lipinski definition) is 0. The van der Waals surface area contributed by atoms with E-state index in [1.807, 2.05) is 12.2 Å². The topological polar surface area (TPSA) is 0 Å². The summed E-state index contributed by atoms with van der Waals surface area (Å²) in [4.78, 5) is 0. The summed E-state index contributed by atoms with van der Waals surface area (Å²) in [5.41, 5.74) is 9.04. The molecule has 0 nitrogen and oxygen atoms in total. The molecule has 0 radical (unpaired) electrons. The molecule has 0 N–H and O–H groups in total. The lowest BCUT2D eigenvalue weighted by atomic mass is 9.97. The third-order valence-corrected chi connectivity index (χ3v) is 4.61. The lowest BCUT2D eigenvalue weighted by Gasteiger charge is -2.08. The fraction of sp³-hybridized carbons (Fsp3) is 0.286. The molecule has 1 aromatic carbocycles. The summed E-state index contributed by atoms with van der Waals surface area (Å²) in [6.45, 7) is 18.8. The van der Waals surface area contributed by atoms with Crippen LogP contribution in [0.2, 0.25) is 0 Å². The highest BCUT2D eigenvalue weighted by Gasteiger charge is 2.01. The van der Waals surface area contributed by atoms with Crippen LogP contribution in [0.4, 0.5) is 0 Å². The molecule has 0 aliphatic heterocycles. The van der Waals surface area contributed by atoms with E-state index in [0.717, 1.165) is 24.8 Å². The van der Waals surface area contributed by atoms with Crippen LogP contribution in [0.3, 0.4) is 0 Å². The van der Waals surface area contributed by atoms with Crippen molar-refractivity contribution in [3.05, 3.63) is 119 Å². The van der Waals surface area contributed by atoms with E-state index in [1.165, 1.54) is 33.4 Å². The van der Waals surface area contributed by atoms with Crippen molar-refractivity contribution in [3.8, 4) is 0 Å². The van der Waals surface area contributed by atoms with E-state index in [2.05, 4.69) is 102 Å². The molecule has 0 heteroatoms. The van der Waals surface area contributed by atoms with Crippen molar-refractivity contribution >= 4 is 0 Å². The molecule has 0 heterocycles. The van der Waals surface area contributed by atoms with Crippen molar-refractivity contribution < 1.29 is 0 Å². The summed E-state index contributed by atoms with van der Waals surface area (Å²) in [6.07, 6.45) is 17.6. The number of benzene rings is 1. The zero-order chi connectivity index (χ0) is 20.9. The van der Waals surface area contributed by atoms with E-state index in [4.69, 9.17) is 0 Å². The van der Waals surface area contributed by atoms with Gasteiger partial charge in [-0.3, -0.25) is 0 Å². The molecule has 1 aromatic rings. The Kier molecular flexibility index (Phi) is 10.7. The van der Waals surface area contributed by atoms with Gasteiger partial charge < -0.3 is 0 Å². The molecular formula is C28H36. The van der Waals surface area contributed by atoms with Gasteiger partial charge in [0.1, 0.15) is 0 Å². The monoisotopic (exact) mass is 372 g/mol. The van der Waals surface area contributed by atoms with E-state index >= 15 is 0 Å². The number of rotatable bonds is 10. The molecule has 0 fully saturated rings. The Bertz CT molecular complexity index is 802. The van der Waals surface area contributed by atoms with Crippen LogP contribution < -0.4 is 0 Å². The molecule has 0 atom stereocenters. The average molecular weight is 373 g/mol. The van der Waals surface area contributed by atoms with Crippen LogP contribution in [-0.2, 0) is 6.42 Å². The van der Waals surface area contributed by atoms with Crippen LogP contribution in [-0.4, -0.2) is 0 Å². The summed E-state index contributed by atoms with van der Waals surface area (Å²) >= 11 is 0. The van der Waals surface area contributed by atoms with Crippen LogP contribution in [0.5, 0.6) is 0 Å². The van der Waals surface area contributed by atoms with Gasteiger partial charge in [0.25, 0.3) is 0 Å². The molecular weight excluding hydrogens is 336 g/mol. The minimum absolute atomic E-state index is 0.889. The Morgan fingerprint density at radius 3 is 2.25 bits per heavy atom. The van der Waals surface area contributed by atoms with Gasteiger partial charge in [-0.1, -0.05) is 109 Å². The number of aryl methyl sites for hydroxylation is 1. The Morgan fingerprint density at radius 1 is 1.04 bits per heavy atom. The van der Waals surface area contributed by atoms with Gasteiger partial charge >= 0.3 is 0 Å². The smallest absolute Gasteiger partial charge is 0.00668 e. The third-order valence-electron chi connectivity index (χ3n) is 4.61. The fourth-order valence-electron chi connectivity index (χ4n) is 3.04. The Labute approximate surface area is 173 Å². The number of hydrogen-bond donors (Lipinski definition) is 0. The zero-order valence-electron chi connectivity index (χ0n) is 18.4. The second-order valence-electron chi connectivity index (χ2n) is 7.39. The summed E-state index contributed by atoms with van der Waals surface area (Å²) < 4.78 is 0. The second kappa shape index (κ2) is 12.7. The summed E-state index contributed by atoms with van der Waals surface area (Å²) in [5, 5.41) is 0. The highest BCUT2D eigenvalue weighted by Crippen LogP contribution is 2.20. The highest BCUT2D eigenvalue weighted by molar-refractivity contribution is 5.44. The summed E-state index contributed by atoms with van der Waals surface area (Å²) in [7, 11) is 0. The molecule has 148 valence electrons. The largest absolute Gasteiger partial charge is 0.0991 e. The molecule has 0 amide bonds. The van der Waals surface area contributed by atoms with Crippen LogP contribution in [0, 0.1) is 6.92 Å². The zero-order valence-corrected chi connectivity index (χ0v) is 18.4. The molecule has 28 heavy (non-hydrogen) atoms. The minimum atomic E-state index is 0.889. The maximum Gasteiger partial charge on any atom is -0.00668 e. The molecule has 0 bridgehead atoms. The van der Waals surface area contributed by atoms with Crippen LogP contribution >= 0.6 is 0 Å². The van der Waals surface area contributed by atoms with Crippen molar-refractivity contribution in [2.45, 2.75) is 53.9 Å². The minimum Gasteiger partial charge on any atom is -0.0991 e. The van der Waals surface area contributed by atoms with Gasteiger partial charge in [0.05, 0.1) is 0 Å². The van der Waals surface area contributed by atoms with Gasteiger partial charge in [-0.15, -0.1) is 0 Å². The maximum atomic E-state index is 4.27. The second-order valence-corrected chi connectivity index (χ2v) is 7.39. The molecule has 0 aliphatic carbocycles. The maximum absolute atomic E-state index is 4.27. The lowest BCUT2D eigenvalue weighted by Crippen LogP contribution is -1.89. The summed E-state index contributed by atoms with van der Waals surface area (Å²) in [6, 6.07) is 8.77. The van der Waals surface area contributed by atoms with E-state index in [-0.39, 0.29) is 0 Å². The van der Waals surface area contributed by atoms with Gasteiger partial charge in [-0.2, -0.15) is 0 Å². The van der Waals surface area contributed by atoms with Crippen LogP contribution in [0.25, 0.3) is 0 Å². The van der Waals surface area contributed by atoms with E-state index in [1.54, 1.807) is 0 Å². The summed E-state index contributed by atoms with van der Waals surface area (Å²) in [5.74, 6) is 0. The van der Waals surface area contributed by atoms with Crippen LogP contribution in [0.15, 0.2) is 108 Å². The highest BCUT2D eigenvalue weighted by atomic mass is 14.1. The van der Waals surface area contributed by atoms with Gasteiger partial charge in [-0.05, 0) is 63.7 Å². The lowest BCUT2D eigenvalue weighted by molar-refractivity contribution is 1.09. The van der Waals surface area contributed by atoms with E-state index in [0.29, 0.717) is 0 Å². The van der Waals surface area contributed by atoms with E-state index in [9.17, 15) is 0 Å². The predicted octanol–water partition coefficient (Wildman–Crippen LogP) is 8.40.